The van der Waals surface area contributed by atoms with E-state index in [-0.39, 0.29) is 59.6 Å². The first-order valence-corrected chi connectivity index (χ1v) is 16.6. The third-order valence-corrected chi connectivity index (χ3v) is 10.7. The first-order chi connectivity index (χ1) is 21.4. The maximum atomic E-state index is 14.0. The van der Waals surface area contributed by atoms with E-state index in [0.29, 0.717) is 5.56 Å². The lowest BCUT2D eigenvalue weighted by Crippen LogP contribution is -2.40. The van der Waals surface area contributed by atoms with E-state index in [2.05, 4.69) is 5.32 Å². The molecule has 1 aliphatic rings. The van der Waals surface area contributed by atoms with Gasteiger partial charge in [-0.1, -0.05) is 48.5 Å². The molecule has 0 atom stereocenters. The molecule has 4 aromatic carbocycles. The summed E-state index contributed by atoms with van der Waals surface area (Å²) in [6.45, 7) is 0.659. The van der Waals surface area contributed by atoms with Gasteiger partial charge < -0.3 is 10.1 Å². The minimum Gasteiger partial charge on any atom is -0.379 e. The van der Waals surface area contributed by atoms with Gasteiger partial charge >= 0.3 is 6.18 Å². The summed E-state index contributed by atoms with van der Waals surface area (Å²) in [7, 11) is -8.33. The van der Waals surface area contributed by atoms with Gasteiger partial charge in [0.2, 0.25) is 10.0 Å². The lowest BCUT2D eigenvalue weighted by Gasteiger charge is -2.26. The SMILES string of the molecule is O=C(Nc1cccc(S(=O)(=O)N2CCOCC2)c1)c1cccc(S(=O)(=O)N(Cc2ccccc2)c2cccc(C(F)(F)F)c2)c1. The summed E-state index contributed by atoms with van der Waals surface area (Å²) < 4.78 is 102. The van der Waals surface area contributed by atoms with Crippen molar-refractivity contribution in [3.05, 3.63) is 120 Å². The van der Waals surface area contributed by atoms with Crippen molar-refractivity contribution in [1.29, 1.82) is 0 Å². The van der Waals surface area contributed by atoms with Crippen molar-refractivity contribution < 1.29 is 39.5 Å². The van der Waals surface area contributed by atoms with E-state index < -0.39 is 37.7 Å². The number of carbonyl (C=O) groups is 1. The summed E-state index contributed by atoms with van der Waals surface area (Å²) in [4.78, 5) is 12.9. The fraction of sp³-hybridized carbons (Fsp3) is 0.194. The number of anilines is 2. The summed E-state index contributed by atoms with van der Waals surface area (Å²) in [5.41, 5.74) is -0.598. The monoisotopic (exact) mass is 659 g/mol. The number of ether oxygens (including phenoxy) is 1. The van der Waals surface area contributed by atoms with Crippen molar-refractivity contribution in [2.45, 2.75) is 22.5 Å². The number of carbonyl (C=O) groups excluding carboxylic acids is 1. The van der Waals surface area contributed by atoms with Crippen LogP contribution in [-0.2, 0) is 37.5 Å². The van der Waals surface area contributed by atoms with Crippen LogP contribution in [0.4, 0.5) is 24.5 Å². The zero-order chi connectivity index (χ0) is 32.2. The molecule has 0 saturated carbocycles. The molecule has 0 aromatic heterocycles. The van der Waals surface area contributed by atoms with Gasteiger partial charge in [-0.3, -0.25) is 9.10 Å². The molecule has 1 amide bonds. The van der Waals surface area contributed by atoms with E-state index in [9.17, 15) is 34.8 Å². The Kier molecular flexibility index (Phi) is 9.30. The molecule has 4 aromatic rings. The zero-order valence-electron chi connectivity index (χ0n) is 23.6. The summed E-state index contributed by atoms with van der Waals surface area (Å²) in [6, 6.07) is 23.1. The minimum absolute atomic E-state index is 0.0313. The molecule has 0 aliphatic carbocycles. The number of amides is 1. The highest BCUT2D eigenvalue weighted by Gasteiger charge is 2.33. The van der Waals surface area contributed by atoms with Gasteiger partial charge in [0, 0.05) is 24.3 Å². The first kappa shape index (κ1) is 32.2. The molecule has 45 heavy (non-hydrogen) atoms. The second-order valence-electron chi connectivity index (χ2n) is 10.1. The Morgan fingerprint density at radius 3 is 2.18 bits per heavy atom. The largest absolute Gasteiger partial charge is 0.416 e. The van der Waals surface area contributed by atoms with Gasteiger partial charge in [0.05, 0.1) is 40.8 Å². The summed E-state index contributed by atoms with van der Waals surface area (Å²) in [6.07, 6.45) is -4.70. The van der Waals surface area contributed by atoms with Crippen LogP contribution in [0.15, 0.2) is 113 Å². The van der Waals surface area contributed by atoms with Crippen molar-refractivity contribution >= 4 is 37.3 Å². The molecule has 0 unspecified atom stereocenters. The molecule has 1 aliphatic heterocycles. The third-order valence-electron chi connectivity index (χ3n) is 7.01. The molecule has 1 heterocycles. The summed E-state index contributed by atoms with van der Waals surface area (Å²) in [5, 5.41) is 2.60. The van der Waals surface area contributed by atoms with Crippen LogP contribution in [0.2, 0.25) is 0 Å². The predicted molar refractivity (Wildman–Crippen MR) is 162 cm³/mol. The number of halogens is 3. The maximum Gasteiger partial charge on any atom is 0.416 e. The highest BCUT2D eigenvalue weighted by molar-refractivity contribution is 7.92. The normalized spacial score (nSPS) is 14.6. The van der Waals surface area contributed by atoms with Crippen molar-refractivity contribution in [2.75, 3.05) is 35.9 Å². The van der Waals surface area contributed by atoms with Crippen LogP contribution in [0.25, 0.3) is 0 Å². The average molecular weight is 660 g/mol. The standard InChI is InChI=1S/C31H28F3N3O6S2/c32-31(33,34)25-10-5-12-27(20-25)37(22-23-7-2-1-3-8-23)45(41,42)28-13-4-9-24(19-28)30(38)35-26-11-6-14-29(21-26)44(39,40)36-15-17-43-18-16-36/h1-14,19-21H,15-18,22H2,(H,35,38). The molecule has 0 spiro atoms. The lowest BCUT2D eigenvalue weighted by atomic mass is 10.2. The van der Waals surface area contributed by atoms with Crippen molar-refractivity contribution in [3.63, 3.8) is 0 Å². The van der Waals surface area contributed by atoms with Gasteiger partial charge in [-0.2, -0.15) is 17.5 Å². The van der Waals surface area contributed by atoms with Gasteiger partial charge in [-0.05, 0) is 60.2 Å². The number of nitrogens with one attached hydrogen (secondary N) is 1. The highest BCUT2D eigenvalue weighted by atomic mass is 32.2. The van der Waals surface area contributed by atoms with Gasteiger partial charge in [-0.25, -0.2) is 16.8 Å². The fourth-order valence-corrected chi connectivity index (χ4v) is 7.65. The Morgan fingerprint density at radius 2 is 1.47 bits per heavy atom. The second kappa shape index (κ2) is 13.0. The van der Waals surface area contributed by atoms with Crippen LogP contribution in [-0.4, -0.2) is 53.4 Å². The molecule has 236 valence electrons. The van der Waals surface area contributed by atoms with E-state index >= 15 is 0 Å². The number of sulfonamides is 2. The number of hydrogen-bond donors (Lipinski definition) is 1. The number of hydrogen-bond acceptors (Lipinski definition) is 6. The van der Waals surface area contributed by atoms with Crippen LogP contribution >= 0.6 is 0 Å². The molecule has 5 rings (SSSR count). The molecule has 0 bridgehead atoms. The minimum atomic E-state index is -4.70. The molecule has 14 heteroatoms. The Hall–Kier alpha value is -4.24. The highest BCUT2D eigenvalue weighted by Crippen LogP contribution is 2.34. The molecular formula is C31H28F3N3O6S2. The van der Waals surface area contributed by atoms with Crippen LogP contribution < -0.4 is 9.62 Å². The first-order valence-electron chi connectivity index (χ1n) is 13.7. The predicted octanol–water partition coefficient (Wildman–Crippen LogP) is 5.37. The van der Waals surface area contributed by atoms with Crippen molar-refractivity contribution in [2.24, 2.45) is 0 Å². The van der Waals surface area contributed by atoms with Crippen molar-refractivity contribution in [3.8, 4) is 0 Å². The van der Waals surface area contributed by atoms with E-state index in [4.69, 9.17) is 4.74 Å². The Labute approximate surface area is 259 Å². The second-order valence-corrected chi connectivity index (χ2v) is 13.9. The van der Waals surface area contributed by atoms with Gasteiger partial charge in [0.15, 0.2) is 0 Å². The molecule has 9 nitrogen and oxygen atoms in total. The quantitative estimate of drug-likeness (QED) is 0.259. The van der Waals surface area contributed by atoms with E-state index in [1.165, 1.54) is 52.8 Å². The summed E-state index contributed by atoms with van der Waals surface area (Å²) in [5.74, 6) is -0.721. The third kappa shape index (κ3) is 7.36. The molecule has 1 fully saturated rings. The van der Waals surface area contributed by atoms with Crippen LogP contribution in [0, 0.1) is 0 Å². The number of benzene rings is 4. The van der Waals surface area contributed by atoms with E-state index in [0.717, 1.165) is 28.6 Å². The fourth-order valence-electron chi connectivity index (χ4n) is 4.70. The smallest absolute Gasteiger partial charge is 0.379 e. The molecular weight excluding hydrogens is 631 g/mol. The Balaban J connectivity index is 1.44. The number of nitrogens with zero attached hydrogens (tertiary/aromatic N) is 2. The zero-order valence-corrected chi connectivity index (χ0v) is 25.3. The van der Waals surface area contributed by atoms with E-state index in [1.54, 1.807) is 30.3 Å². The van der Waals surface area contributed by atoms with Gasteiger partial charge in [0.25, 0.3) is 15.9 Å². The van der Waals surface area contributed by atoms with Crippen LogP contribution in [0.1, 0.15) is 21.5 Å². The van der Waals surface area contributed by atoms with Crippen LogP contribution in [0.5, 0.6) is 0 Å². The molecule has 1 N–H and O–H groups in total. The van der Waals surface area contributed by atoms with Gasteiger partial charge in [0.1, 0.15) is 0 Å². The molecule has 0 radical (unpaired) electrons. The number of rotatable bonds is 9. The molecule has 1 saturated heterocycles. The Bertz CT molecular complexity index is 1900. The number of alkyl halides is 3. The maximum absolute atomic E-state index is 14.0. The van der Waals surface area contributed by atoms with Gasteiger partial charge in [-0.15, -0.1) is 0 Å². The topological polar surface area (TPSA) is 113 Å². The Morgan fingerprint density at radius 1 is 0.800 bits per heavy atom. The number of morpholine rings is 1. The average Bonchev–Trinajstić information content (AvgIpc) is 3.04. The van der Waals surface area contributed by atoms with Crippen molar-refractivity contribution in [1.82, 2.24) is 4.31 Å². The van der Waals surface area contributed by atoms with E-state index in [1.807, 2.05) is 0 Å². The lowest BCUT2D eigenvalue weighted by molar-refractivity contribution is -0.137. The summed E-state index contributed by atoms with van der Waals surface area (Å²) >= 11 is 0. The van der Waals surface area contributed by atoms with Crippen LogP contribution in [0.3, 0.4) is 0 Å².